The minimum atomic E-state index is -0.239. The zero-order valence-corrected chi connectivity index (χ0v) is 9.40. The summed E-state index contributed by atoms with van der Waals surface area (Å²) in [6.07, 6.45) is 4.82. The van der Waals surface area contributed by atoms with Crippen molar-refractivity contribution in [3.8, 4) is 0 Å². The van der Waals surface area contributed by atoms with Crippen LogP contribution in [0.5, 0.6) is 0 Å². The predicted octanol–water partition coefficient (Wildman–Crippen LogP) is 1.59. The van der Waals surface area contributed by atoms with E-state index >= 15 is 0 Å². The number of allylic oxidation sites excluding steroid dienone is 1. The lowest BCUT2D eigenvalue weighted by Crippen LogP contribution is -2.23. The van der Waals surface area contributed by atoms with Crippen LogP contribution in [0.4, 0.5) is 0 Å². The van der Waals surface area contributed by atoms with Gasteiger partial charge in [-0.15, -0.1) is 0 Å². The van der Waals surface area contributed by atoms with Gasteiger partial charge in [0.15, 0.2) is 0 Å². The number of ether oxygens (including phenoxy) is 2. The summed E-state index contributed by atoms with van der Waals surface area (Å²) in [5.41, 5.74) is 0.700. The van der Waals surface area contributed by atoms with Crippen LogP contribution in [0.15, 0.2) is 11.6 Å². The monoisotopic (exact) mass is 224 g/mol. The maximum atomic E-state index is 11.4. The third-order valence-electron chi connectivity index (χ3n) is 3.00. The highest BCUT2D eigenvalue weighted by molar-refractivity contribution is 5.90. The Kier molecular flexibility index (Phi) is 3.27. The fraction of sp³-hybridized carbons (Fsp3) is 0.667. The molecular formula is C12H16O4. The minimum Gasteiger partial charge on any atom is -0.465 e. The molecule has 2 fully saturated rings. The SMILES string of the molecule is C[C@@H]1C/C(=C\C[C@H]2CCCOC2=O)C(=O)O1. The molecular weight excluding hydrogens is 208 g/mol. The van der Waals surface area contributed by atoms with Gasteiger partial charge in [0.05, 0.1) is 12.5 Å². The van der Waals surface area contributed by atoms with E-state index in [4.69, 9.17) is 9.47 Å². The summed E-state index contributed by atoms with van der Waals surface area (Å²) in [6.45, 7) is 2.40. The molecule has 2 atom stereocenters. The fourth-order valence-electron chi connectivity index (χ4n) is 2.10. The van der Waals surface area contributed by atoms with Crippen molar-refractivity contribution >= 4 is 11.9 Å². The summed E-state index contributed by atoms with van der Waals surface area (Å²) in [5, 5.41) is 0. The van der Waals surface area contributed by atoms with Crippen molar-refractivity contribution in [1.82, 2.24) is 0 Å². The van der Waals surface area contributed by atoms with E-state index in [1.807, 2.05) is 13.0 Å². The van der Waals surface area contributed by atoms with Crippen molar-refractivity contribution < 1.29 is 19.1 Å². The molecule has 4 nitrogen and oxygen atoms in total. The fourth-order valence-corrected chi connectivity index (χ4v) is 2.10. The number of carbonyl (C=O) groups is 2. The van der Waals surface area contributed by atoms with Crippen LogP contribution in [0, 0.1) is 5.92 Å². The third-order valence-corrected chi connectivity index (χ3v) is 3.00. The van der Waals surface area contributed by atoms with Gasteiger partial charge >= 0.3 is 11.9 Å². The van der Waals surface area contributed by atoms with E-state index in [0.29, 0.717) is 25.0 Å². The van der Waals surface area contributed by atoms with E-state index in [-0.39, 0.29) is 24.0 Å². The maximum Gasteiger partial charge on any atom is 0.334 e. The summed E-state index contributed by atoms with van der Waals surface area (Å²) in [4.78, 5) is 22.7. The van der Waals surface area contributed by atoms with Gasteiger partial charge in [0.1, 0.15) is 6.10 Å². The van der Waals surface area contributed by atoms with Gasteiger partial charge in [-0.1, -0.05) is 6.08 Å². The molecule has 2 rings (SSSR count). The van der Waals surface area contributed by atoms with Gasteiger partial charge in [0.2, 0.25) is 0 Å². The van der Waals surface area contributed by atoms with Crippen molar-refractivity contribution in [3.63, 3.8) is 0 Å². The van der Waals surface area contributed by atoms with Gasteiger partial charge in [-0.3, -0.25) is 4.79 Å². The van der Waals surface area contributed by atoms with Crippen LogP contribution in [0.25, 0.3) is 0 Å². The lowest BCUT2D eigenvalue weighted by molar-refractivity contribution is -0.152. The zero-order chi connectivity index (χ0) is 11.5. The number of cyclic esters (lactones) is 2. The van der Waals surface area contributed by atoms with Crippen LogP contribution in [0.3, 0.4) is 0 Å². The highest BCUT2D eigenvalue weighted by atomic mass is 16.5. The maximum absolute atomic E-state index is 11.4. The first-order valence-corrected chi connectivity index (χ1v) is 5.73. The Hall–Kier alpha value is -1.32. The molecule has 0 spiro atoms. The molecule has 16 heavy (non-hydrogen) atoms. The highest BCUT2D eigenvalue weighted by Gasteiger charge is 2.27. The van der Waals surface area contributed by atoms with Crippen molar-refractivity contribution in [3.05, 3.63) is 11.6 Å². The van der Waals surface area contributed by atoms with Gasteiger partial charge in [0, 0.05) is 12.0 Å². The molecule has 0 bridgehead atoms. The molecule has 0 aromatic carbocycles. The van der Waals surface area contributed by atoms with Crippen LogP contribution in [-0.2, 0) is 19.1 Å². The average Bonchev–Trinajstić information content (AvgIpc) is 2.56. The first kappa shape index (κ1) is 11.2. The molecule has 2 aliphatic heterocycles. The van der Waals surface area contributed by atoms with E-state index in [1.54, 1.807) is 0 Å². The lowest BCUT2D eigenvalue weighted by atomic mass is 9.96. The van der Waals surface area contributed by atoms with Crippen LogP contribution >= 0.6 is 0 Å². The molecule has 0 aromatic rings. The Morgan fingerprint density at radius 3 is 2.88 bits per heavy atom. The normalized spacial score (nSPS) is 32.7. The molecule has 2 saturated heterocycles. The number of rotatable bonds is 2. The van der Waals surface area contributed by atoms with E-state index in [9.17, 15) is 9.59 Å². The highest BCUT2D eigenvalue weighted by Crippen LogP contribution is 2.24. The number of carbonyl (C=O) groups excluding carboxylic acids is 2. The molecule has 0 unspecified atom stereocenters. The predicted molar refractivity (Wildman–Crippen MR) is 56.6 cm³/mol. The molecule has 0 amide bonds. The van der Waals surface area contributed by atoms with E-state index < -0.39 is 0 Å². The topological polar surface area (TPSA) is 52.6 Å². The molecule has 0 radical (unpaired) electrons. The zero-order valence-electron chi connectivity index (χ0n) is 9.40. The van der Waals surface area contributed by atoms with Crippen molar-refractivity contribution in [1.29, 1.82) is 0 Å². The Morgan fingerprint density at radius 2 is 2.25 bits per heavy atom. The summed E-state index contributed by atoms with van der Waals surface area (Å²) >= 11 is 0. The van der Waals surface area contributed by atoms with Crippen molar-refractivity contribution in [2.75, 3.05) is 6.61 Å². The quantitative estimate of drug-likeness (QED) is 0.528. The molecule has 0 aliphatic carbocycles. The van der Waals surface area contributed by atoms with Gasteiger partial charge in [-0.25, -0.2) is 4.79 Å². The first-order valence-electron chi connectivity index (χ1n) is 5.73. The van der Waals surface area contributed by atoms with Crippen molar-refractivity contribution in [2.24, 2.45) is 5.92 Å². The molecule has 0 aromatic heterocycles. The Bertz CT molecular complexity index is 332. The van der Waals surface area contributed by atoms with Crippen LogP contribution < -0.4 is 0 Å². The van der Waals surface area contributed by atoms with Gasteiger partial charge in [0.25, 0.3) is 0 Å². The Balaban J connectivity index is 1.92. The van der Waals surface area contributed by atoms with E-state index in [0.717, 1.165) is 12.8 Å². The van der Waals surface area contributed by atoms with Crippen LogP contribution in [0.1, 0.15) is 32.6 Å². The largest absolute Gasteiger partial charge is 0.465 e. The number of hydrogen-bond donors (Lipinski definition) is 0. The summed E-state index contributed by atoms with van der Waals surface area (Å²) in [5.74, 6) is -0.454. The van der Waals surface area contributed by atoms with E-state index in [2.05, 4.69) is 0 Å². The van der Waals surface area contributed by atoms with E-state index in [1.165, 1.54) is 0 Å². The molecule has 2 aliphatic rings. The standard InChI is InChI=1S/C12H16O4/c1-8-7-10(12(14)16-8)5-4-9-3-2-6-15-11(9)13/h5,8-9H,2-4,6-7H2,1H3/b10-5+/t8-,9-/m1/s1. The molecule has 0 N–H and O–H groups in total. The Morgan fingerprint density at radius 1 is 1.44 bits per heavy atom. The average molecular weight is 224 g/mol. The second-order valence-corrected chi connectivity index (χ2v) is 4.39. The molecule has 2 heterocycles. The van der Waals surface area contributed by atoms with Crippen molar-refractivity contribution in [2.45, 2.75) is 38.7 Å². The summed E-state index contributed by atoms with van der Waals surface area (Å²) < 4.78 is 9.99. The number of hydrogen-bond acceptors (Lipinski definition) is 4. The van der Waals surface area contributed by atoms with Crippen LogP contribution in [0.2, 0.25) is 0 Å². The third kappa shape index (κ3) is 2.43. The molecule has 0 saturated carbocycles. The summed E-state index contributed by atoms with van der Waals surface area (Å²) in [6, 6.07) is 0. The smallest absolute Gasteiger partial charge is 0.334 e. The van der Waals surface area contributed by atoms with Crippen LogP contribution in [-0.4, -0.2) is 24.6 Å². The minimum absolute atomic E-state index is 0.0305. The van der Waals surface area contributed by atoms with Gasteiger partial charge in [-0.2, -0.15) is 0 Å². The summed E-state index contributed by atoms with van der Waals surface area (Å²) in [7, 11) is 0. The second-order valence-electron chi connectivity index (χ2n) is 4.39. The van der Waals surface area contributed by atoms with Gasteiger partial charge in [-0.05, 0) is 26.2 Å². The second kappa shape index (κ2) is 4.68. The molecule has 4 heteroatoms. The van der Waals surface area contributed by atoms with Gasteiger partial charge < -0.3 is 9.47 Å². The Labute approximate surface area is 94.6 Å². The lowest BCUT2D eigenvalue weighted by Gasteiger charge is -2.19. The molecule has 88 valence electrons. The number of esters is 2. The first-order chi connectivity index (χ1) is 7.66.